The first-order valence-corrected chi connectivity index (χ1v) is 7.62. The van der Waals surface area contributed by atoms with Gasteiger partial charge in [-0.3, -0.25) is 4.79 Å². The summed E-state index contributed by atoms with van der Waals surface area (Å²) in [5.41, 5.74) is 7.50. The Bertz CT molecular complexity index is 605. The van der Waals surface area contributed by atoms with Crippen molar-refractivity contribution in [2.45, 2.75) is 45.3 Å². The standard InChI is InChI=1S/C17H24N4O/c1-3-8-17(2,18)16(22)20-11-14-6-4-5-7-15(14)12-21-10-9-19-13-21/h4-7,9-10,13H,3,8,11-12,18H2,1-2H3,(H,20,22). The average Bonchev–Trinajstić information content (AvgIpc) is 2.99. The van der Waals surface area contributed by atoms with Crippen molar-refractivity contribution in [3.63, 3.8) is 0 Å². The monoisotopic (exact) mass is 300 g/mol. The average molecular weight is 300 g/mol. The van der Waals surface area contributed by atoms with Crippen molar-refractivity contribution in [2.24, 2.45) is 5.73 Å². The van der Waals surface area contributed by atoms with Crippen LogP contribution >= 0.6 is 0 Å². The smallest absolute Gasteiger partial charge is 0.240 e. The molecular weight excluding hydrogens is 276 g/mol. The second-order valence-corrected chi connectivity index (χ2v) is 5.85. The molecule has 0 bridgehead atoms. The maximum Gasteiger partial charge on any atom is 0.240 e. The first-order valence-electron chi connectivity index (χ1n) is 7.62. The van der Waals surface area contributed by atoms with E-state index in [1.54, 1.807) is 19.4 Å². The van der Waals surface area contributed by atoms with Gasteiger partial charge in [-0.15, -0.1) is 0 Å². The highest BCUT2D eigenvalue weighted by Gasteiger charge is 2.26. The molecule has 5 heteroatoms. The Morgan fingerprint density at radius 1 is 1.36 bits per heavy atom. The Morgan fingerprint density at radius 3 is 2.73 bits per heavy atom. The van der Waals surface area contributed by atoms with Gasteiger partial charge >= 0.3 is 0 Å². The lowest BCUT2D eigenvalue weighted by molar-refractivity contribution is -0.126. The van der Waals surface area contributed by atoms with Gasteiger partial charge in [-0.2, -0.15) is 0 Å². The lowest BCUT2D eigenvalue weighted by atomic mass is 9.96. The van der Waals surface area contributed by atoms with Crippen LogP contribution in [0.2, 0.25) is 0 Å². The van der Waals surface area contributed by atoms with E-state index in [-0.39, 0.29) is 5.91 Å². The number of rotatable bonds is 7. The van der Waals surface area contributed by atoms with E-state index < -0.39 is 5.54 Å². The van der Waals surface area contributed by atoms with Gasteiger partial charge in [0.05, 0.1) is 11.9 Å². The molecule has 0 saturated carbocycles. The van der Waals surface area contributed by atoms with Crippen molar-refractivity contribution in [1.29, 1.82) is 0 Å². The Hall–Kier alpha value is -2.14. The Labute approximate surface area is 131 Å². The van der Waals surface area contributed by atoms with E-state index in [1.807, 2.05) is 35.9 Å². The SMILES string of the molecule is CCCC(C)(N)C(=O)NCc1ccccc1Cn1ccnc1. The van der Waals surface area contributed by atoms with Gasteiger partial charge in [0.1, 0.15) is 0 Å². The fraction of sp³-hybridized carbons (Fsp3) is 0.412. The summed E-state index contributed by atoms with van der Waals surface area (Å²) in [6.07, 6.45) is 7.03. The largest absolute Gasteiger partial charge is 0.350 e. The molecule has 0 spiro atoms. The summed E-state index contributed by atoms with van der Waals surface area (Å²) in [6, 6.07) is 8.07. The molecule has 1 unspecified atom stereocenters. The van der Waals surface area contributed by atoms with Crippen LogP contribution in [0.25, 0.3) is 0 Å². The van der Waals surface area contributed by atoms with Crippen LogP contribution in [0.15, 0.2) is 43.0 Å². The van der Waals surface area contributed by atoms with Crippen molar-refractivity contribution in [3.8, 4) is 0 Å². The van der Waals surface area contributed by atoms with E-state index in [1.165, 1.54) is 0 Å². The minimum absolute atomic E-state index is 0.105. The maximum atomic E-state index is 12.2. The van der Waals surface area contributed by atoms with Crippen LogP contribution in [0.3, 0.4) is 0 Å². The molecule has 0 saturated heterocycles. The predicted octanol–water partition coefficient (Wildman–Crippen LogP) is 2.07. The number of imidazole rings is 1. The molecule has 22 heavy (non-hydrogen) atoms. The molecule has 1 atom stereocenters. The zero-order valence-corrected chi connectivity index (χ0v) is 13.2. The molecule has 0 aliphatic carbocycles. The van der Waals surface area contributed by atoms with Crippen molar-refractivity contribution in [1.82, 2.24) is 14.9 Å². The molecule has 2 aromatic rings. The summed E-state index contributed by atoms with van der Waals surface area (Å²) in [5, 5.41) is 2.96. The lowest BCUT2D eigenvalue weighted by Gasteiger charge is -2.23. The minimum atomic E-state index is -0.811. The molecule has 0 fully saturated rings. The van der Waals surface area contributed by atoms with Gasteiger partial charge in [-0.25, -0.2) is 4.98 Å². The quantitative estimate of drug-likeness (QED) is 0.822. The number of hydrogen-bond acceptors (Lipinski definition) is 3. The third-order valence-electron chi connectivity index (χ3n) is 3.76. The molecule has 0 radical (unpaired) electrons. The highest BCUT2D eigenvalue weighted by molar-refractivity contribution is 5.85. The van der Waals surface area contributed by atoms with E-state index in [0.717, 1.165) is 24.1 Å². The van der Waals surface area contributed by atoms with Gasteiger partial charge < -0.3 is 15.6 Å². The predicted molar refractivity (Wildman–Crippen MR) is 87.1 cm³/mol. The van der Waals surface area contributed by atoms with Crippen molar-refractivity contribution in [2.75, 3.05) is 0 Å². The Morgan fingerprint density at radius 2 is 2.09 bits per heavy atom. The van der Waals surface area contributed by atoms with Crippen LogP contribution in [-0.4, -0.2) is 21.0 Å². The number of carbonyl (C=O) groups excluding carboxylic acids is 1. The molecule has 118 valence electrons. The van der Waals surface area contributed by atoms with Gasteiger partial charge in [0, 0.05) is 25.5 Å². The highest BCUT2D eigenvalue weighted by Crippen LogP contribution is 2.12. The van der Waals surface area contributed by atoms with E-state index in [9.17, 15) is 4.79 Å². The summed E-state index contributed by atoms with van der Waals surface area (Å²) in [4.78, 5) is 16.3. The normalized spacial score (nSPS) is 13.6. The van der Waals surface area contributed by atoms with Crippen LogP contribution < -0.4 is 11.1 Å². The van der Waals surface area contributed by atoms with E-state index in [4.69, 9.17) is 5.73 Å². The van der Waals surface area contributed by atoms with E-state index >= 15 is 0 Å². The van der Waals surface area contributed by atoms with Crippen LogP contribution in [0.1, 0.15) is 37.8 Å². The second kappa shape index (κ2) is 7.22. The summed E-state index contributed by atoms with van der Waals surface area (Å²) >= 11 is 0. The van der Waals surface area contributed by atoms with Gasteiger partial charge in [-0.1, -0.05) is 37.6 Å². The molecule has 1 aromatic carbocycles. The molecule has 0 aliphatic rings. The zero-order chi connectivity index (χ0) is 16.0. The number of carbonyl (C=O) groups is 1. The van der Waals surface area contributed by atoms with Gasteiger partial charge in [-0.05, 0) is 24.5 Å². The minimum Gasteiger partial charge on any atom is -0.350 e. The molecule has 1 aromatic heterocycles. The summed E-state index contributed by atoms with van der Waals surface area (Å²) < 4.78 is 2.00. The molecule has 1 heterocycles. The zero-order valence-electron chi connectivity index (χ0n) is 13.2. The molecule has 3 N–H and O–H groups in total. The first-order chi connectivity index (χ1) is 10.5. The number of amides is 1. The van der Waals surface area contributed by atoms with Gasteiger partial charge in [0.25, 0.3) is 0 Å². The maximum absolute atomic E-state index is 12.2. The number of nitrogens with two attached hydrogens (primary N) is 1. The van der Waals surface area contributed by atoms with Gasteiger partial charge in [0.2, 0.25) is 5.91 Å². The summed E-state index contributed by atoms with van der Waals surface area (Å²) in [5.74, 6) is -0.105. The summed E-state index contributed by atoms with van der Waals surface area (Å²) in [6.45, 7) is 5.03. The molecule has 5 nitrogen and oxygen atoms in total. The second-order valence-electron chi connectivity index (χ2n) is 5.85. The fourth-order valence-electron chi connectivity index (χ4n) is 2.47. The number of nitrogens with one attached hydrogen (secondary N) is 1. The van der Waals surface area contributed by atoms with Crippen LogP contribution in [0.5, 0.6) is 0 Å². The Balaban J connectivity index is 2.02. The van der Waals surface area contributed by atoms with Crippen molar-refractivity contribution >= 4 is 5.91 Å². The van der Waals surface area contributed by atoms with E-state index in [2.05, 4.69) is 16.4 Å². The molecule has 0 aliphatic heterocycles. The Kier molecular flexibility index (Phi) is 5.33. The van der Waals surface area contributed by atoms with Crippen LogP contribution in [-0.2, 0) is 17.9 Å². The number of hydrogen-bond donors (Lipinski definition) is 2. The number of aromatic nitrogens is 2. The molecular formula is C17H24N4O. The fourth-order valence-corrected chi connectivity index (χ4v) is 2.47. The third kappa shape index (κ3) is 4.18. The lowest BCUT2D eigenvalue weighted by Crippen LogP contribution is -2.51. The van der Waals surface area contributed by atoms with E-state index in [0.29, 0.717) is 13.0 Å². The number of nitrogens with zero attached hydrogens (tertiary/aromatic N) is 2. The van der Waals surface area contributed by atoms with Crippen molar-refractivity contribution in [3.05, 3.63) is 54.1 Å². The first kappa shape index (κ1) is 16.2. The third-order valence-corrected chi connectivity index (χ3v) is 3.76. The topological polar surface area (TPSA) is 72.9 Å². The van der Waals surface area contributed by atoms with Crippen LogP contribution in [0, 0.1) is 0 Å². The van der Waals surface area contributed by atoms with Crippen molar-refractivity contribution < 1.29 is 4.79 Å². The van der Waals surface area contributed by atoms with Crippen LogP contribution in [0.4, 0.5) is 0 Å². The molecule has 2 rings (SSSR count). The highest BCUT2D eigenvalue weighted by atomic mass is 16.2. The molecule has 1 amide bonds. The summed E-state index contributed by atoms with van der Waals surface area (Å²) in [7, 11) is 0. The number of benzene rings is 1. The van der Waals surface area contributed by atoms with Gasteiger partial charge in [0.15, 0.2) is 0 Å².